The number of ketones is 1. The molecular weight excluding hydrogens is 596 g/mol. The maximum atomic E-state index is 12.6. The average molecular weight is 626 g/mol. The molecule has 0 rings (SSSR count). The van der Waals surface area contributed by atoms with Crippen LogP contribution in [0, 0.1) is 5.92 Å². The molecule has 0 bridgehead atoms. The fourth-order valence-electron chi connectivity index (χ4n) is 2.11. The van der Waals surface area contributed by atoms with Crippen LogP contribution in [-0.4, -0.2) is 51.9 Å². The van der Waals surface area contributed by atoms with Crippen molar-refractivity contribution in [3.8, 4) is 0 Å². The average Bonchev–Trinajstić information content (AvgIpc) is 2.55. The van der Waals surface area contributed by atoms with Crippen LogP contribution in [0.5, 0.6) is 0 Å². The second kappa shape index (κ2) is 12.1. The summed E-state index contributed by atoms with van der Waals surface area (Å²) in [6, 6.07) is 0. The minimum absolute atomic E-state index is 0.219. The molecule has 0 N–H and O–H groups in total. The lowest BCUT2D eigenvalue weighted by molar-refractivity contribution is -0.165. The highest BCUT2D eigenvalue weighted by Crippen LogP contribution is 2.50. The van der Waals surface area contributed by atoms with Gasteiger partial charge in [-0.3, -0.25) is 18.4 Å². The normalized spacial score (nSPS) is 16.4. The minimum atomic E-state index is -5.01. The zero-order chi connectivity index (χ0) is 25.6. The first-order chi connectivity index (χ1) is 14.1. The molecule has 2 atom stereocenters. The van der Waals surface area contributed by atoms with Gasteiger partial charge in [-0.2, -0.15) is 26.3 Å². The quantitative estimate of drug-likeness (QED) is 0.0988. The van der Waals surface area contributed by atoms with Gasteiger partial charge < -0.3 is 4.43 Å². The van der Waals surface area contributed by atoms with Crippen LogP contribution in [0.3, 0.4) is 0 Å². The van der Waals surface area contributed by atoms with Crippen LogP contribution in [0.4, 0.5) is 26.3 Å². The summed E-state index contributed by atoms with van der Waals surface area (Å²) in [7, 11) is -7.39. The fourth-order valence-corrected chi connectivity index (χ4v) is 5.67. The SMILES string of the molecule is C[C@H](/C=C/I)[C@H](CC(=O)CP(=O)(OCC(F)(F)F)OCC(F)(F)F)O[Si](C)(C)C(C)(C)C. The monoisotopic (exact) mass is 626 g/mol. The molecule has 0 aliphatic carbocycles. The minimum Gasteiger partial charge on any atom is -0.413 e. The lowest BCUT2D eigenvalue weighted by atomic mass is 10.0. The van der Waals surface area contributed by atoms with Crippen molar-refractivity contribution >= 4 is 44.3 Å². The Kier molecular flexibility index (Phi) is 12.2. The smallest absolute Gasteiger partial charge is 0.412 e. The molecule has 0 aromatic rings. The van der Waals surface area contributed by atoms with E-state index in [-0.39, 0.29) is 17.4 Å². The Labute approximate surface area is 199 Å². The summed E-state index contributed by atoms with van der Waals surface area (Å²) in [5, 5.41) is -0.219. The van der Waals surface area contributed by atoms with Crippen molar-refractivity contribution in [1.82, 2.24) is 0 Å². The number of hydrogen-bond donors (Lipinski definition) is 0. The van der Waals surface area contributed by atoms with E-state index < -0.39 is 59.5 Å². The van der Waals surface area contributed by atoms with E-state index in [0.29, 0.717) is 0 Å². The van der Waals surface area contributed by atoms with Crippen molar-refractivity contribution in [2.45, 2.75) is 70.7 Å². The van der Waals surface area contributed by atoms with Crippen LogP contribution in [0.15, 0.2) is 10.2 Å². The van der Waals surface area contributed by atoms with Crippen LogP contribution in [0.25, 0.3) is 0 Å². The van der Waals surface area contributed by atoms with Crippen molar-refractivity contribution in [3.05, 3.63) is 10.2 Å². The van der Waals surface area contributed by atoms with Crippen LogP contribution in [0.1, 0.15) is 34.1 Å². The molecule has 0 heterocycles. The fraction of sp³-hybridized carbons (Fsp3) is 0.833. The Balaban J connectivity index is 5.61. The van der Waals surface area contributed by atoms with Crippen LogP contribution in [0.2, 0.25) is 18.1 Å². The van der Waals surface area contributed by atoms with E-state index >= 15 is 0 Å². The predicted octanol–water partition coefficient (Wildman–Crippen LogP) is 7.27. The maximum Gasteiger partial charge on any atom is 0.412 e. The molecule has 0 saturated carbocycles. The molecule has 0 aromatic heterocycles. The molecule has 14 heteroatoms. The van der Waals surface area contributed by atoms with Crippen molar-refractivity contribution in [1.29, 1.82) is 0 Å². The number of carbonyl (C=O) groups is 1. The van der Waals surface area contributed by atoms with Gasteiger partial charge in [0.25, 0.3) is 0 Å². The molecule has 190 valence electrons. The van der Waals surface area contributed by atoms with E-state index in [9.17, 15) is 35.7 Å². The maximum absolute atomic E-state index is 12.6. The summed E-state index contributed by atoms with van der Waals surface area (Å²) < 4.78 is 104. The lowest BCUT2D eigenvalue weighted by Crippen LogP contribution is -2.46. The van der Waals surface area contributed by atoms with Crippen molar-refractivity contribution in [3.63, 3.8) is 0 Å². The molecule has 0 saturated heterocycles. The van der Waals surface area contributed by atoms with Gasteiger partial charge in [0.1, 0.15) is 11.9 Å². The lowest BCUT2D eigenvalue weighted by Gasteiger charge is -2.40. The third-order valence-electron chi connectivity index (χ3n) is 4.86. The number of alkyl halides is 6. The zero-order valence-corrected chi connectivity index (χ0v) is 22.8. The molecule has 0 spiro atoms. The summed E-state index contributed by atoms with van der Waals surface area (Å²) in [6.07, 6.45) is -10.5. The van der Waals surface area contributed by atoms with Crippen molar-refractivity contribution in [2.24, 2.45) is 5.92 Å². The summed E-state index contributed by atoms with van der Waals surface area (Å²) in [6.45, 7) is 7.35. The van der Waals surface area contributed by atoms with E-state index in [1.807, 2.05) is 56.5 Å². The summed E-state index contributed by atoms with van der Waals surface area (Å²) >= 11 is 1.97. The molecule has 5 nitrogen and oxygen atoms in total. The van der Waals surface area contributed by atoms with Gasteiger partial charge in [0.2, 0.25) is 0 Å². The number of rotatable bonds is 12. The third kappa shape index (κ3) is 13.1. The molecule has 0 amide bonds. The van der Waals surface area contributed by atoms with E-state index in [1.165, 1.54) is 0 Å². The molecule has 0 unspecified atom stereocenters. The highest BCUT2D eigenvalue weighted by atomic mass is 127. The third-order valence-corrected chi connectivity index (χ3v) is 11.6. The highest BCUT2D eigenvalue weighted by molar-refractivity contribution is 14.1. The molecule has 0 fully saturated rings. The van der Waals surface area contributed by atoms with Gasteiger partial charge in [0.15, 0.2) is 21.5 Å². The predicted molar refractivity (Wildman–Crippen MR) is 121 cm³/mol. The van der Waals surface area contributed by atoms with Crippen LogP contribution >= 0.6 is 30.2 Å². The molecule has 0 radical (unpaired) electrons. The first kappa shape index (κ1) is 32.0. The number of carbonyl (C=O) groups excluding carboxylic acids is 1. The second-order valence-electron chi connectivity index (χ2n) is 8.88. The van der Waals surface area contributed by atoms with Gasteiger partial charge in [-0.05, 0) is 22.2 Å². The molecule has 0 aliphatic rings. The van der Waals surface area contributed by atoms with Crippen LogP contribution < -0.4 is 0 Å². The Bertz CT molecular complexity index is 669. The van der Waals surface area contributed by atoms with Gasteiger partial charge >= 0.3 is 19.9 Å². The standard InChI is InChI=1S/C18H30F6IO5PSi/c1-13(7-8-25)15(30-32(5,6)16(2,3)4)9-14(26)10-31(27,28-11-17(19,20)21)29-12-18(22,23)24/h7-8,13,15H,9-12H2,1-6H3/b8-7+/t13-,15+/m1/s1. The van der Waals surface area contributed by atoms with Crippen molar-refractivity contribution < 1.29 is 49.2 Å². The topological polar surface area (TPSA) is 61.8 Å². The Hall–Kier alpha value is 0.0469. The van der Waals surface area contributed by atoms with E-state index in [4.69, 9.17) is 4.43 Å². The molecule has 32 heavy (non-hydrogen) atoms. The highest BCUT2D eigenvalue weighted by Gasteiger charge is 2.42. The van der Waals surface area contributed by atoms with Gasteiger partial charge in [-0.25, -0.2) is 0 Å². The number of Topliss-reactive ketones (excluding diaryl/α,β-unsaturated/α-hetero) is 1. The van der Waals surface area contributed by atoms with Crippen LogP contribution in [-0.2, 0) is 22.8 Å². The summed E-state index contributed by atoms with van der Waals surface area (Å²) in [5.41, 5.74) is 0. The summed E-state index contributed by atoms with van der Waals surface area (Å²) in [4.78, 5) is 12.6. The Morgan fingerprint density at radius 2 is 1.47 bits per heavy atom. The first-order valence-corrected chi connectivity index (χ1v) is 15.5. The number of halogens is 7. The number of hydrogen-bond acceptors (Lipinski definition) is 5. The van der Waals surface area contributed by atoms with E-state index in [0.717, 1.165) is 0 Å². The molecule has 0 aromatic carbocycles. The van der Waals surface area contributed by atoms with E-state index in [2.05, 4.69) is 9.05 Å². The first-order valence-electron chi connectivity index (χ1n) is 9.59. The van der Waals surface area contributed by atoms with Gasteiger partial charge in [0.05, 0.1) is 6.10 Å². The van der Waals surface area contributed by atoms with Gasteiger partial charge in [-0.1, -0.05) is 56.4 Å². The Morgan fingerprint density at radius 3 is 1.81 bits per heavy atom. The zero-order valence-electron chi connectivity index (χ0n) is 18.8. The van der Waals surface area contributed by atoms with Gasteiger partial charge in [-0.15, -0.1) is 0 Å². The van der Waals surface area contributed by atoms with Gasteiger partial charge in [0, 0.05) is 12.3 Å². The summed E-state index contributed by atoms with van der Waals surface area (Å²) in [5.74, 6) is -1.17. The second-order valence-corrected chi connectivity index (χ2v) is 16.4. The van der Waals surface area contributed by atoms with Crippen molar-refractivity contribution in [2.75, 3.05) is 19.4 Å². The largest absolute Gasteiger partial charge is 0.413 e. The molecular formula is C18H30F6IO5PSi. The van der Waals surface area contributed by atoms with E-state index in [1.54, 1.807) is 17.1 Å². The molecule has 0 aliphatic heterocycles. The Morgan fingerprint density at radius 1 is 1.03 bits per heavy atom.